The van der Waals surface area contributed by atoms with E-state index >= 15 is 0 Å². The van der Waals surface area contributed by atoms with Crippen molar-refractivity contribution in [1.29, 1.82) is 0 Å². The van der Waals surface area contributed by atoms with E-state index in [1.54, 1.807) is 0 Å². The zero-order chi connectivity index (χ0) is 26.6. The summed E-state index contributed by atoms with van der Waals surface area (Å²) in [6.07, 6.45) is 4.96. The number of nitrogens with zero attached hydrogens (tertiary/aromatic N) is 4. The van der Waals surface area contributed by atoms with E-state index in [1.165, 1.54) is 6.33 Å². The lowest BCUT2D eigenvalue weighted by Crippen LogP contribution is -2.44. The first kappa shape index (κ1) is 27.6. The van der Waals surface area contributed by atoms with Gasteiger partial charge in [0.1, 0.15) is 41.7 Å². The minimum atomic E-state index is -0.506. The highest BCUT2D eigenvalue weighted by Gasteiger charge is 2.48. The molecular weight excluding hydrogens is 476 g/mol. The molecule has 2 aromatic rings. The summed E-state index contributed by atoms with van der Waals surface area (Å²) < 4.78 is 26.5. The Labute approximate surface area is 219 Å². The summed E-state index contributed by atoms with van der Waals surface area (Å²) in [6, 6.07) is 2.26. The second kappa shape index (κ2) is 11.9. The topological polar surface area (TPSA) is 126 Å². The second-order valence-electron chi connectivity index (χ2n) is 10.6. The molecule has 37 heavy (non-hydrogen) atoms. The maximum atomic E-state index is 12.1. The third-order valence-corrected chi connectivity index (χ3v) is 6.88. The Morgan fingerprint density at radius 1 is 1.22 bits per heavy atom. The molecule has 4 heterocycles. The van der Waals surface area contributed by atoms with E-state index in [0.717, 1.165) is 37.7 Å². The highest BCUT2D eigenvalue weighted by Crippen LogP contribution is 2.37. The lowest BCUT2D eigenvalue weighted by Gasteiger charge is -2.30. The second-order valence-corrected chi connectivity index (χ2v) is 10.6. The fourth-order valence-corrected chi connectivity index (χ4v) is 5.39. The maximum absolute atomic E-state index is 12.1. The smallest absolute Gasteiger partial charge is 0.407 e. The van der Waals surface area contributed by atoms with Crippen LogP contribution in [0.4, 0.5) is 10.6 Å². The molecule has 1 amide bonds. The minimum absolute atomic E-state index is 0.183. The molecule has 206 valence electrons. The average molecular weight is 519 g/mol. The molecule has 2 saturated heterocycles. The van der Waals surface area contributed by atoms with E-state index in [-0.39, 0.29) is 24.4 Å². The molecule has 0 bridgehead atoms. The largest absolute Gasteiger partial charge is 0.444 e. The molecule has 0 spiro atoms. The monoisotopic (exact) mass is 518 g/mol. The van der Waals surface area contributed by atoms with Crippen molar-refractivity contribution in [1.82, 2.24) is 24.8 Å². The summed E-state index contributed by atoms with van der Waals surface area (Å²) in [4.78, 5) is 23.1. The molecule has 2 aromatic heterocycles. The van der Waals surface area contributed by atoms with Gasteiger partial charge >= 0.3 is 6.09 Å². The van der Waals surface area contributed by atoms with E-state index in [9.17, 15) is 4.79 Å². The van der Waals surface area contributed by atoms with Crippen LogP contribution in [-0.4, -0.2) is 88.3 Å². The first-order chi connectivity index (χ1) is 17.7. The Morgan fingerprint density at radius 3 is 2.70 bits per heavy atom. The molecule has 0 unspecified atom stereocenters. The molecule has 2 aliphatic rings. The Hall–Kier alpha value is -2.47. The van der Waals surface area contributed by atoms with Crippen LogP contribution in [0.2, 0.25) is 0 Å². The average Bonchev–Trinajstić information content (AvgIpc) is 3.53. The van der Waals surface area contributed by atoms with E-state index in [2.05, 4.69) is 20.2 Å². The normalized spacial score (nSPS) is 26.7. The summed E-state index contributed by atoms with van der Waals surface area (Å²) in [7, 11) is 0. The quantitative estimate of drug-likeness (QED) is 0.488. The first-order valence-electron chi connectivity index (χ1n) is 13.4. The number of hydrogen-bond donors (Lipinski definition) is 2. The highest BCUT2D eigenvalue weighted by molar-refractivity contribution is 5.86. The van der Waals surface area contributed by atoms with Gasteiger partial charge in [-0.15, -0.1) is 0 Å². The fraction of sp³-hybridized carbons (Fsp3) is 0.731. The third kappa shape index (κ3) is 6.51. The molecule has 0 radical (unpaired) electrons. The number of amides is 1. The van der Waals surface area contributed by atoms with Gasteiger partial charge in [0.05, 0.1) is 5.39 Å². The number of hydrogen-bond acceptors (Lipinski definition) is 9. The summed E-state index contributed by atoms with van der Waals surface area (Å²) in [5.41, 5.74) is 6.28. The predicted octanol–water partition coefficient (Wildman–Crippen LogP) is 3.10. The van der Waals surface area contributed by atoms with Gasteiger partial charge in [-0.3, -0.25) is 4.90 Å². The predicted molar refractivity (Wildman–Crippen MR) is 140 cm³/mol. The Balaban J connectivity index is 1.46. The molecule has 0 aromatic carbocycles. The van der Waals surface area contributed by atoms with Gasteiger partial charge in [0.25, 0.3) is 0 Å². The van der Waals surface area contributed by atoms with E-state index in [4.69, 9.17) is 24.7 Å². The molecule has 11 heteroatoms. The molecule has 0 saturated carbocycles. The molecule has 4 rings (SSSR count). The number of fused-ring (bicyclic) bond motifs is 1. The number of aromatic nitrogens is 3. The van der Waals surface area contributed by atoms with E-state index < -0.39 is 11.8 Å². The van der Waals surface area contributed by atoms with Gasteiger partial charge < -0.3 is 34.6 Å². The van der Waals surface area contributed by atoms with Crippen LogP contribution in [0.1, 0.15) is 60.1 Å². The van der Waals surface area contributed by atoms with Crippen molar-refractivity contribution in [3.05, 3.63) is 18.6 Å². The molecule has 3 N–H and O–H groups in total. The summed E-state index contributed by atoms with van der Waals surface area (Å²) >= 11 is 0. The van der Waals surface area contributed by atoms with Gasteiger partial charge in [0.15, 0.2) is 6.23 Å². The van der Waals surface area contributed by atoms with Crippen LogP contribution in [0, 0.1) is 0 Å². The van der Waals surface area contributed by atoms with Crippen LogP contribution in [0.5, 0.6) is 0 Å². The van der Waals surface area contributed by atoms with Gasteiger partial charge in [-0.25, -0.2) is 14.8 Å². The number of anilines is 1. The van der Waals surface area contributed by atoms with Crippen LogP contribution in [-0.2, 0) is 18.9 Å². The summed E-state index contributed by atoms with van der Waals surface area (Å²) in [6.45, 7) is 12.9. The highest BCUT2D eigenvalue weighted by atomic mass is 16.6. The summed E-state index contributed by atoms with van der Waals surface area (Å²) in [5.74, 6) is 0.438. The number of alkyl carbamates (subject to hydrolysis) is 1. The molecular formula is C26H42N6O5. The Kier molecular flexibility index (Phi) is 8.89. The standard InChI is InChI=1S/C26H42N6O5/c1-6-34-20-19(15-31-13-8-9-17(31)10-12-28-25(33)37-26(3,4)5)36-24(21(20)35-7-2)32-14-11-18-22(27)29-16-30-23(18)32/h11,14,16-17,19-21,24H,6-10,12-13,15H2,1-5H3,(H,28,33)(H2,27,29,30)/t17-,19+,20+,21+,24+/m0/s1. The van der Waals surface area contributed by atoms with E-state index in [0.29, 0.717) is 37.3 Å². The molecule has 11 nitrogen and oxygen atoms in total. The molecule has 2 fully saturated rings. The number of rotatable bonds is 10. The zero-order valence-electron chi connectivity index (χ0n) is 22.7. The van der Waals surface area contributed by atoms with Crippen molar-refractivity contribution in [3.63, 3.8) is 0 Å². The van der Waals surface area contributed by atoms with Crippen LogP contribution >= 0.6 is 0 Å². The van der Waals surface area contributed by atoms with Crippen molar-refractivity contribution >= 4 is 22.9 Å². The lowest BCUT2D eigenvalue weighted by molar-refractivity contribution is -0.0729. The van der Waals surface area contributed by atoms with E-state index in [1.807, 2.05) is 51.4 Å². The van der Waals surface area contributed by atoms with Gasteiger partial charge in [-0.05, 0) is 66.5 Å². The van der Waals surface area contributed by atoms with Gasteiger partial charge in [-0.1, -0.05) is 0 Å². The molecule has 5 atom stereocenters. The Morgan fingerprint density at radius 2 is 1.97 bits per heavy atom. The van der Waals surface area contributed by atoms with Crippen LogP contribution in [0.15, 0.2) is 18.6 Å². The van der Waals surface area contributed by atoms with Gasteiger partial charge in [0.2, 0.25) is 0 Å². The van der Waals surface area contributed by atoms with Crippen molar-refractivity contribution in [2.45, 2.75) is 90.1 Å². The number of carbonyl (C=O) groups excluding carboxylic acids is 1. The number of ether oxygens (including phenoxy) is 4. The molecule has 2 aliphatic heterocycles. The van der Waals surface area contributed by atoms with Gasteiger partial charge in [0, 0.05) is 38.5 Å². The Bertz CT molecular complexity index is 1040. The zero-order valence-corrected chi connectivity index (χ0v) is 22.7. The number of carbonyl (C=O) groups is 1. The van der Waals surface area contributed by atoms with Crippen molar-refractivity contribution in [2.24, 2.45) is 0 Å². The van der Waals surface area contributed by atoms with Crippen LogP contribution < -0.4 is 11.1 Å². The lowest BCUT2D eigenvalue weighted by atomic mass is 10.1. The number of nitrogen functional groups attached to an aromatic ring is 1. The minimum Gasteiger partial charge on any atom is -0.444 e. The van der Waals surface area contributed by atoms with Crippen molar-refractivity contribution in [2.75, 3.05) is 38.6 Å². The summed E-state index contributed by atoms with van der Waals surface area (Å²) in [5, 5.41) is 3.68. The van der Waals surface area contributed by atoms with Crippen LogP contribution in [0.3, 0.4) is 0 Å². The van der Waals surface area contributed by atoms with Gasteiger partial charge in [-0.2, -0.15) is 0 Å². The SMILES string of the molecule is CCO[C@@H]1[C@H](OCC)[C@@H](CN2CCC[C@H]2CCNC(=O)OC(C)(C)C)O[C@H]1n1ccc2c(N)ncnc21. The molecule has 0 aliphatic carbocycles. The van der Waals surface area contributed by atoms with Crippen LogP contribution in [0.25, 0.3) is 11.0 Å². The van der Waals surface area contributed by atoms with Crippen molar-refractivity contribution in [3.8, 4) is 0 Å². The number of nitrogens with one attached hydrogen (secondary N) is 1. The number of likely N-dealkylation sites (tertiary alicyclic amines) is 1. The van der Waals surface area contributed by atoms with Crippen molar-refractivity contribution < 1.29 is 23.7 Å². The fourth-order valence-electron chi connectivity index (χ4n) is 5.39. The third-order valence-electron chi connectivity index (χ3n) is 6.88. The maximum Gasteiger partial charge on any atom is 0.407 e. The first-order valence-corrected chi connectivity index (χ1v) is 13.4. The number of nitrogens with two attached hydrogens (primary N) is 1.